The van der Waals surface area contributed by atoms with Gasteiger partial charge in [-0.2, -0.15) is 0 Å². The number of rotatable bonds is 16. The van der Waals surface area contributed by atoms with Crippen molar-refractivity contribution in [3.63, 3.8) is 0 Å². The molecule has 2 aliphatic rings. The van der Waals surface area contributed by atoms with Crippen LogP contribution in [-0.4, -0.2) is 184 Å². The maximum Gasteiger partial charge on any atom is 0.401 e. The van der Waals surface area contributed by atoms with Crippen LogP contribution in [0.1, 0.15) is 13.8 Å². The number of nitrogens with zero attached hydrogens (tertiary/aromatic N) is 4. The van der Waals surface area contributed by atoms with Gasteiger partial charge in [0.25, 0.3) is 0 Å². The first-order valence-electron chi connectivity index (χ1n) is 15.9. The minimum Gasteiger partial charge on any atom is -0.477 e. The zero-order valence-electron chi connectivity index (χ0n) is 29.8. The number of nitrogens with one attached hydrogen (secondary N) is 2. The number of nitrogens with two attached hydrogens (primary N) is 4. The number of ether oxygens (including phenoxy) is 4. The number of aliphatic imine (C=N–C) groups is 2. The van der Waals surface area contributed by atoms with Crippen molar-refractivity contribution in [1.82, 2.24) is 20.3 Å². The molecule has 0 aromatic heterocycles. The van der Waals surface area contributed by atoms with E-state index in [1.54, 1.807) is 0 Å². The van der Waals surface area contributed by atoms with Gasteiger partial charge in [0, 0.05) is 27.9 Å². The van der Waals surface area contributed by atoms with Crippen LogP contribution in [-0.2, 0) is 38.1 Å². The second kappa shape index (κ2) is 19.9. The van der Waals surface area contributed by atoms with Crippen LogP contribution in [0.5, 0.6) is 0 Å². The van der Waals surface area contributed by atoms with Crippen molar-refractivity contribution in [3.8, 4) is 0 Å². The molecule has 2 rings (SSSR count). The minimum absolute atomic E-state index is 0.538. The van der Waals surface area contributed by atoms with Crippen LogP contribution in [0.15, 0.2) is 33.7 Å². The molecule has 10 atom stereocenters. The predicted molar refractivity (Wildman–Crippen MR) is 184 cm³/mol. The van der Waals surface area contributed by atoms with E-state index >= 15 is 0 Å². The molecule has 0 aliphatic carbocycles. The van der Waals surface area contributed by atoms with Crippen molar-refractivity contribution < 1.29 is 78.4 Å². The van der Waals surface area contributed by atoms with E-state index in [0.717, 1.165) is 47.6 Å². The number of hydrogen-bond acceptors (Lipinski definition) is 16. The Morgan fingerprint density at radius 3 is 1.33 bits per heavy atom. The fourth-order valence-corrected chi connectivity index (χ4v) is 5.28. The first kappa shape index (κ1) is 45.1. The largest absolute Gasteiger partial charge is 0.477 e. The van der Waals surface area contributed by atoms with Crippen molar-refractivity contribution >= 4 is 55.4 Å². The summed E-state index contributed by atoms with van der Waals surface area (Å²) in [6.07, 6.45) is -12.2. The Hall–Kier alpha value is -6.06. The Labute approximate surface area is 312 Å². The quantitative estimate of drug-likeness (QED) is 0.0393. The predicted octanol–water partition coefficient (Wildman–Crippen LogP) is -6.87. The molecule has 0 saturated heterocycles. The summed E-state index contributed by atoms with van der Waals surface area (Å²) in [6.45, 7) is -0.00151. The van der Waals surface area contributed by atoms with Gasteiger partial charge in [-0.1, -0.05) is 0 Å². The lowest BCUT2D eigenvalue weighted by Gasteiger charge is -2.40. The molecule has 0 aromatic carbocycles. The summed E-state index contributed by atoms with van der Waals surface area (Å²) in [5, 5.41) is 65.1. The zero-order chi connectivity index (χ0) is 41.9. The number of carbonyl (C=O) groups is 6. The topological polar surface area (TPSA) is 420 Å². The molecule has 0 fully saturated rings. The fraction of sp³-hybridized carbons (Fsp3) is 0.571. The summed E-state index contributed by atoms with van der Waals surface area (Å²) in [7, 11) is 2.82. The third kappa shape index (κ3) is 12.5. The average Bonchev–Trinajstić information content (AvgIpc) is 3.08. The van der Waals surface area contributed by atoms with Crippen molar-refractivity contribution in [2.75, 3.05) is 27.3 Å². The molecule has 16 N–H and O–H groups in total. The van der Waals surface area contributed by atoms with Gasteiger partial charge in [-0.15, -0.1) is 0 Å². The van der Waals surface area contributed by atoms with E-state index in [1.165, 1.54) is 0 Å². The molecular formula is C28H44BN10O16. The van der Waals surface area contributed by atoms with E-state index in [1.807, 2.05) is 0 Å². The summed E-state index contributed by atoms with van der Waals surface area (Å²) < 4.78 is 21.7. The van der Waals surface area contributed by atoms with Gasteiger partial charge in [0.1, 0.15) is 12.2 Å². The highest BCUT2D eigenvalue weighted by Crippen LogP contribution is 2.28. The normalized spacial score (nSPS) is 23.8. The van der Waals surface area contributed by atoms with E-state index in [2.05, 4.69) is 20.6 Å². The van der Waals surface area contributed by atoms with Crippen molar-refractivity contribution in [2.24, 2.45) is 32.9 Å². The molecule has 4 amide bonds. The SMILES string of the molecule is CC(=O)N[C@H]1[C@H]([C@H](OC(=O)N(C)[B]N(C)C(=O)O[C@@H]([C@@H]2OC(C(=O)O)=C[C@H](N=C(N)N)[C@H]2NC(C)=O)[C@H](O)CO)[C@H](O)CO)OC(C(=O)O)=C[C@@H]1N=C(N)N. The number of aliphatic hydroxyl groups excluding tert-OH is 4. The Morgan fingerprint density at radius 1 is 0.745 bits per heavy atom. The number of aliphatic carboxylic acids is 2. The minimum atomic E-state index is -1.98. The third-order valence-electron chi connectivity index (χ3n) is 7.55. The summed E-state index contributed by atoms with van der Waals surface area (Å²) in [5.41, 5.74) is 21.9. The molecule has 27 heteroatoms. The number of carboxylic acid groups (broad SMARTS) is 2. The lowest BCUT2D eigenvalue weighted by atomic mass is 9.92. The third-order valence-corrected chi connectivity index (χ3v) is 7.55. The zero-order valence-corrected chi connectivity index (χ0v) is 29.8. The van der Waals surface area contributed by atoms with Crippen LogP contribution in [0.4, 0.5) is 9.59 Å². The number of hydrogen-bond donors (Lipinski definition) is 12. The summed E-state index contributed by atoms with van der Waals surface area (Å²) in [4.78, 5) is 83.5. The molecule has 26 nitrogen and oxygen atoms in total. The molecular weight excluding hydrogens is 743 g/mol. The monoisotopic (exact) mass is 787 g/mol. The Kier molecular flexibility index (Phi) is 16.3. The van der Waals surface area contributed by atoms with Gasteiger partial charge in [-0.05, 0) is 12.2 Å². The van der Waals surface area contributed by atoms with E-state index in [-0.39, 0.29) is 0 Å². The number of guanidine groups is 2. The van der Waals surface area contributed by atoms with Gasteiger partial charge in [-0.25, -0.2) is 29.2 Å². The Balaban J connectivity index is 2.39. The highest BCUT2D eigenvalue weighted by molar-refractivity contribution is 6.36. The molecule has 2 aliphatic heterocycles. The van der Waals surface area contributed by atoms with Crippen molar-refractivity contribution in [3.05, 3.63) is 23.7 Å². The first-order chi connectivity index (χ1) is 25.6. The molecule has 0 spiro atoms. The lowest BCUT2D eigenvalue weighted by Crippen LogP contribution is -2.61. The smallest absolute Gasteiger partial charge is 0.401 e. The van der Waals surface area contributed by atoms with E-state index in [4.69, 9.17) is 41.9 Å². The van der Waals surface area contributed by atoms with Crippen LogP contribution in [0, 0.1) is 0 Å². The van der Waals surface area contributed by atoms with Gasteiger partial charge in [0.2, 0.25) is 23.3 Å². The number of carboxylic acids is 2. The highest BCUT2D eigenvalue weighted by atomic mass is 16.6. The Morgan fingerprint density at radius 2 is 1.07 bits per heavy atom. The second-order valence-electron chi connectivity index (χ2n) is 11.9. The molecule has 0 bridgehead atoms. The van der Waals surface area contributed by atoms with E-state index in [0.29, 0.717) is 9.62 Å². The molecule has 1 radical (unpaired) electrons. The summed E-state index contributed by atoms with van der Waals surface area (Å²) in [5.74, 6) is -7.29. The number of amides is 4. The first-order valence-corrected chi connectivity index (χ1v) is 15.9. The molecule has 0 unspecified atom stereocenters. The summed E-state index contributed by atoms with van der Waals surface area (Å²) >= 11 is 0. The van der Waals surface area contributed by atoms with E-state index < -0.39 is 133 Å². The molecule has 0 aromatic rings. The Bertz CT molecular complexity index is 1460. The van der Waals surface area contributed by atoms with Crippen LogP contribution in [0.3, 0.4) is 0 Å². The van der Waals surface area contributed by atoms with Gasteiger partial charge < -0.3 is 92.8 Å². The lowest BCUT2D eigenvalue weighted by molar-refractivity contribution is -0.147. The van der Waals surface area contributed by atoms with Crippen LogP contribution in [0.2, 0.25) is 0 Å². The maximum atomic E-state index is 13.3. The average molecular weight is 788 g/mol. The van der Waals surface area contributed by atoms with E-state index in [9.17, 15) is 59.4 Å². The highest BCUT2D eigenvalue weighted by Gasteiger charge is 2.48. The second-order valence-corrected chi connectivity index (χ2v) is 11.9. The van der Waals surface area contributed by atoms with Gasteiger partial charge in [-0.3, -0.25) is 9.59 Å². The number of carbonyl (C=O) groups excluding carboxylic acids is 4. The maximum absolute atomic E-state index is 13.3. The van der Waals surface area contributed by atoms with Gasteiger partial charge in [0.15, 0.2) is 36.3 Å². The van der Waals surface area contributed by atoms with Crippen LogP contribution in [0.25, 0.3) is 0 Å². The van der Waals surface area contributed by atoms with Gasteiger partial charge in [0.05, 0.1) is 37.4 Å². The van der Waals surface area contributed by atoms with Crippen molar-refractivity contribution in [1.29, 1.82) is 0 Å². The molecule has 0 saturated carbocycles. The van der Waals surface area contributed by atoms with Crippen LogP contribution >= 0.6 is 0 Å². The van der Waals surface area contributed by atoms with Crippen LogP contribution < -0.4 is 33.6 Å². The molecule has 2 heterocycles. The van der Waals surface area contributed by atoms with Crippen molar-refractivity contribution in [2.45, 2.75) is 74.6 Å². The fourth-order valence-electron chi connectivity index (χ4n) is 5.28. The molecule has 305 valence electrons. The summed E-state index contributed by atoms with van der Waals surface area (Å²) in [6, 6.07) is -5.47. The standard InChI is InChI=1S/C28H44BN10O16/c1-9(42)34-17-11(36-25(30)31)5-15(23(46)47)52-21(17)19(13(44)7-40)54-27(50)38(3)29-39(4)28(51)55-20(14(45)8-41)22-18(35-10(2)43)12(37-26(32)33)6-16(53-22)24(48)49/h5-6,11-14,17-22,40-41,44-45H,7-8H2,1-4H3,(H,34,42)(H,35,43)(H,46,47)(H,48,49)(H4,30,31,36)(H4,32,33,37)/t11-,12-,13+,14+,17+,18+,19+,20+,21+,22+/m0/s1. The van der Waals surface area contributed by atoms with Gasteiger partial charge >= 0.3 is 31.7 Å². The number of aliphatic hydroxyl groups is 4. The molecule has 55 heavy (non-hydrogen) atoms.